The average molecular weight is 490 g/mol. The summed E-state index contributed by atoms with van der Waals surface area (Å²) in [7, 11) is 1.42. The molecule has 0 heterocycles. The largest absolute Gasteiger partial charge is 0.493 e. The van der Waals surface area contributed by atoms with Gasteiger partial charge < -0.3 is 20.1 Å². The maximum absolute atomic E-state index is 12.6. The first kappa shape index (κ1) is 25.3. The first-order chi connectivity index (χ1) is 16.8. The number of anilines is 2. The number of carbonyl (C=O) groups is 2. The van der Waals surface area contributed by atoms with Gasteiger partial charge in [-0.05, 0) is 67.4 Å². The second kappa shape index (κ2) is 11.7. The van der Waals surface area contributed by atoms with E-state index in [1.807, 2.05) is 44.2 Å². The van der Waals surface area contributed by atoms with Crippen LogP contribution < -0.4 is 20.1 Å². The van der Waals surface area contributed by atoms with Crippen LogP contribution in [0.5, 0.6) is 11.5 Å². The van der Waals surface area contributed by atoms with Crippen molar-refractivity contribution in [3.05, 3.63) is 87.9 Å². The van der Waals surface area contributed by atoms with E-state index in [4.69, 9.17) is 21.1 Å². The van der Waals surface area contributed by atoms with E-state index in [1.54, 1.807) is 30.3 Å². The van der Waals surface area contributed by atoms with Gasteiger partial charge in [-0.2, -0.15) is 5.26 Å². The first-order valence-corrected chi connectivity index (χ1v) is 11.0. The van der Waals surface area contributed by atoms with Crippen molar-refractivity contribution in [3.63, 3.8) is 0 Å². The first-order valence-electron chi connectivity index (χ1n) is 10.7. The number of methoxy groups -OCH3 is 1. The van der Waals surface area contributed by atoms with E-state index in [1.165, 1.54) is 19.3 Å². The van der Waals surface area contributed by atoms with Gasteiger partial charge in [-0.3, -0.25) is 9.59 Å². The number of rotatable bonds is 8. The third-order valence-electron chi connectivity index (χ3n) is 4.89. The molecule has 0 saturated carbocycles. The highest BCUT2D eigenvalue weighted by Crippen LogP contribution is 2.37. The van der Waals surface area contributed by atoms with Gasteiger partial charge in [0, 0.05) is 11.4 Å². The number of aryl methyl sites for hydroxylation is 2. The Morgan fingerprint density at radius 3 is 2.40 bits per heavy atom. The second-order valence-corrected chi connectivity index (χ2v) is 8.14. The maximum Gasteiger partial charge on any atom is 0.266 e. The Labute approximate surface area is 208 Å². The molecular formula is C27H24ClN3O4. The van der Waals surface area contributed by atoms with Crippen LogP contribution in [0.15, 0.2) is 66.2 Å². The summed E-state index contributed by atoms with van der Waals surface area (Å²) < 4.78 is 11.0. The van der Waals surface area contributed by atoms with E-state index in [2.05, 4.69) is 10.6 Å². The number of amides is 2. The van der Waals surface area contributed by atoms with Crippen molar-refractivity contribution in [3.8, 4) is 17.6 Å². The number of nitrogens with one attached hydrogen (secondary N) is 2. The van der Waals surface area contributed by atoms with Crippen molar-refractivity contribution >= 4 is 40.9 Å². The lowest BCUT2D eigenvalue weighted by atomic mass is 10.1. The van der Waals surface area contributed by atoms with Gasteiger partial charge in [0.25, 0.3) is 11.8 Å². The molecule has 0 atom stereocenters. The fourth-order valence-corrected chi connectivity index (χ4v) is 3.45. The molecule has 0 aliphatic heterocycles. The Morgan fingerprint density at radius 1 is 1.00 bits per heavy atom. The summed E-state index contributed by atoms with van der Waals surface area (Å²) in [4.78, 5) is 24.8. The molecule has 0 aliphatic carbocycles. The van der Waals surface area contributed by atoms with Crippen LogP contribution in [0.25, 0.3) is 6.08 Å². The third-order valence-corrected chi connectivity index (χ3v) is 5.17. The minimum atomic E-state index is -0.554. The molecule has 35 heavy (non-hydrogen) atoms. The Hall–Kier alpha value is -4.28. The lowest BCUT2D eigenvalue weighted by Gasteiger charge is -2.13. The van der Waals surface area contributed by atoms with Crippen LogP contribution in [-0.2, 0) is 9.59 Å². The summed E-state index contributed by atoms with van der Waals surface area (Å²) in [5.41, 5.74) is 3.63. The maximum atomic E-state index is 12.6. The van der Waals surface area contributed by atoms with Gasteiger partial charge >= 0.3 is 0 Å². The lowest BCUT2D eigenvalue weighted by Crippen LogP contribution is -2.20. The van der Waals surface area contributed by atoms with Crippen molar-refractivity contribution in [2.45, 2.75) is 13.8 Å². The number of nitrogens with zero attached hydrogens (tertiary/aromatic N) is 1. The number of halogens is 1. The van der Waals surface area contributed by atoms with Gasteiger partial charge in [-0.1, -0.05) is 41.4 Å². The number of nitriles is 1. The van der Waals surface area contributed by atoms with Crippen molar-refractivity contribution in [2.24, 2.45) is 0 Å². The molecule has 8 heteroatoms. The smallest absolute Gasteiger partial charge is 0.266 e. The molecular weight excluding hydrogens is 466 g/mol. The molecule has 2 N–H and O–H groups in total. The molecule has 0 saturated heterocycles. The Bertz CT molecular complexity index is 1310. The van der Waals surface area contributed by atoms with Crippen LogP contribution in [0.1, 0.15) is 16.7 Å². The molecule has 0 radical (unpaired) electrons. The zero-order valence-corrected chi connectivity index (χ0v) is 20.3. The Balaban J connectivity index is 1.73. The standard InChI is InChI=1S/C27H24ClN3O4/c1-17-7-9-21(10-8-17)30-25(32)16-35-26-23(28)13-19(14-24(26)34-3)12-20(15-29)27(33)31-22-6-4-5-18(2)11-22/h4-14H,16H2,1-3H3,(H,30,32)(H,31,33)/b20-12+. The predicted molar refractivity (Wildman–Crippen MR) is 137 cm³/mol. The summed E-state index contributed by atoms with van der Waals surface area (Å²) in [5, 5.41) is 15.1. The molecule has 2 amide bonds. The third kappa shape index (κ3) is 7.10. The minimum Gasteiger partial charge on any atom is -0.493 e. The lowest BCUT2D eigenvalue weighted by molar-refractivity contribution is -0.118. The summed E-state index contributed by atoms with van der Waals surface area (Å²) in [6, 6.07) is 19.6. The molecule has 3 rings (SSSR count). The van der Waals surface area contributed by atoms with Crippen LogP contribution in [0.4, 0.5) is 11.4 Å². The fraction of sp³-hybridized carbons (Fsp3) is 0.148. The summed E-state index contributed by atoms with van der Waals surface area (Å²) >= 11 is 6.38. The highest BCUT2D eigenvalue weighted by atomic mass is 35.5. The van der Waals surface area contributed by atoms with Gasteiger partial charge in [0.15, 0.2) is 18.1 Å². The highest BCUT2D eigenvalue weighted by Gasteiger charge is 2.16. The number of ether oxygens (including phenoxy) is 2. The summed E-state index contributed by atoms with van der Waals surface area (Å²) in [6.07, 6.45) is 1.40. The normalized spacial score (nSPS) is 10.8. The second-order valence-electron chi connectivity index (χ2n) is 7.73. The SMILES string of the molecule is COc1cc(/C=C(\C#N)C(=O)Nc2cccc(C)c2)cc(Cl)c1OCC(=O)Nc1ccc(C)cc1. The molecule has 7 nitrogen and oxygen atoms in total. The zero-order valence-electron chi connectivity index (χ0n) is 19.5. The van der Waals surface area contributed by atoms with Crippen molar-refractivity contribution in [1.82, 2.24) is 0 Å². The number of benzene rings is 3. The Morgan fingerprint density at radius 2 is 1.74 bits per heavy atom. The van der Waals surface area contributed by atoms with Gasteiger partial charge in [0.1, 0.15) is 11.6 Å². The average Bonchev–Trinajstić information content (AvgIpc) is 2.82. The van der Waals surface area contributed by atoms with E-state index in [-0.39, 0.29) is 34.6 Å². The molecule has 178 valence electrons. The highest BCUT2D eigenvalue weighted by molar-refractivity contribution is 6.32. The van der Waals surface area contributed by atoms with E-state index >= 15 is 0 Å². The van der Waals surface area contributed by atoms with Gasteiger partial charge in [0.05, 0.1) is 12.1 Å². The summed E-state index contributed by atoms with van der Waals surface area (Å²) in [6.45, 7) is 3.57. The van der Waals surface area contributed by atoms with Crippen molar-refractivity contribution in [1.29, 1.82) is 5.26 Å². The van der Waals surface area contributed by atoms with E-state index in [9.17, 15) is 14.9 Å². The monoisotopic (exact) mass is 489 g/mol. The molecule has 0 aliphatic rings. The molecule has 3 aromatic rings. The van der Waals surface area contributed by atoms with Gasteiger partial charge in [0.2, 0.25) is 0 Å². The summed E-state index contributed by atoms with van der Waals surface area (Å²) in [5.74, 6) is -0.492. The molecule has 0 fully saturated rings. The van der Waals surface area contributed by atoms with Crippen LogP contribution in [0, 0.1) is 25.2 Å². The van der Waals surface area contributed by atoms with Gasteiger partial charge in [-0.15, -0.1) is 0 Å². The molecule has 3 aromatic carbocycles. The number of carbonyl (C=O) groups excluding carboxylic acids is 2. The van der Waals surface area contributed by atoms with Crippen molar-refractivity contribution < 1.29 is 19.1 Å². The molecule has 0 spiro atoms. The van der Waals surface area contributed by atoms with Crippen LogP contribution >= 0.6 is 11.6 Å². The molecule has 0 bridgehead atoms. The minimum absolute atomic E-state index is 0.115. The quantitative estimate of drug-likeness (QED) is 0.320. The fourth-order valence-electron chi connectivity index (χ4n) is 3.17. The zero-order chi connectivity index (χ0) is 25.4. The van der Waals surface area contributed by atoms with E-state index in [0.717, 1.165) is 11.1 Å². The van der Waals surface area contributed by atoms with Crippen LogP contribution in [0.2, 0.25) is 5.02 Å². The predicted octanol–water partition coefficient (Wildman–Crippen LogP) is 5.53. The molecule has 0 unspecified atom stereocenters. The number of hydrogen-bond donors (Lipinski definition) is 2. The van der Waals surface area contributed by atoms with E-state index in [0.29, 0.717) is 16.9 Å². The van der Waals surface area contributed by atoms with E-state index < -0.39 is 5.91 Å². The topological polar surface area (TPSA) is 100 Å². The van der Waals surface area contributed by atoms with Gasteiger partial charge in [-0.25, -0.2) is 0 Å². The molecule has 0 aromatic heterocycles. The Kier molecular flexibility index (Phi) is 8.49. The van der Waals surface area contributed by atoms with Crippen LogP contribution in [-0.4, -0.2) is 25.5 Å². The number of hydrogen-bond acceptors (Lipinski definition) is 5. The van der Waals surface area contributed by atoms with Crippen molar-refractivity contribution in [2.75, 3.05) is 24.4 Å². The van der Waals surface area contributed by atoms with Crippen LogP contribution in [0.3, 0.4) is 0 Å².